The maximum absolute atomic E-state index is 5.60. The molecule has 0 amide bonds. The summed E-state index contributed by atoms with van der Waals surface area (Å²) in [5, 5.41) is 4.39. The third kappa shape index (κ3) is 2.63. The molecule has 2 aromatic rings. The van der Waals surface area contributed by atoms with E-state index in [0.717, 1.165) is 30.2 Å². The summed E-state index contributed by atoms with van der Waals surface area (Å²) in [5.41, 5.74) is 1.08. The standard InChI is InChI=1S/C13H16N2OS2/c1-17-10-4-5-11-12(7-10)18-13(15-11)14-8-9-3-2-6-16-9/h4-5,7,9H,2-3,6,8H2,1H3,(H,14,15)/t9-/m0/s1. The maximum atomic E-state index is 5.60. The minimum Gasteiger partial charge on any atom is -0.376 e. The first kappa shape index (κ1) is 12.3. The van der Waals surface area contributed by atoms with Gasteiger partial charge >= 0.3 is 0 Å². The SMILES string of the molecule is CSc1ccc2nc(NC[C@@H]3CCCO3)sc2c1. The Balaban J connectivity index is 1.72. The number of aromatic nitrogens is 1. The Morgan fingerprint density at radius 2 is 2.50 bits per heavy atom. The van der Waals surface area contributed by atoms with Crippen molar-refractivity contribution in [1.29, 1.82) is 0 Å². The van der Waals surface area contributed by atoms with Gasteiger partial charge in [-0.05, 0) is 37.3 Å². The minimum atomic E-state index is 0.360. The molecule has 1 aliphatic heterocycles. The minimum absolute atomic E-state index is 0.360. The fourth-order valence-electron chi connectivity index (χ4n) is 2.11. The average molecular weight is 280 g/mol. The molecule has 0 bridgehead atoms. The van der Waals surface area contributed by atoms with Gasteiger partial charge in [0.1, 0.15) is 0 Å². The van der Waals surface area contributed by atoms with Gasteiger partial charge in [0.15, 0.2) is 5.13 Å². The lowest BCUT2D eigenvalue weighted by atomic mass is 10.2. The number of anilines is 1. The van der Waals surface area contributed by atoms with E-state index in [4.69, 9.17) is 4.74 Å². The summed E-state index contributed by atoms with van der Waals surface area (Å²) in [6, 6.07) is 6.42. The second-order valence-corrected chi connectivity index (χ2v) is 6.28. The van der Waals surface area contributed by atoms with E-state index in [1.54, 1.807) is 23.1 Å². The number of nitrogens with zero attached hydrogens (tertiary/aromatic N) is 1. The fourth-order valence-corrected chi connectivity index (χ4v) is 3.54. The monoisotopic (exact) mass is 280 g/mol. The van der Waals surface area contributed by atoms with Crippen LogP contribution < -0.4 is 5.32 Å². The lowest BCUT2D eigenvalue weighted by molar-refractivity contribution is 0.120. The van der Waals surface area contributed by atoms with Crippen LogP contribution in [0.1, 0.15) is 12.8 Å². The predicted molar refractivity (Wildman–Crippen MR) is 78.9 cm³/mol. The van der Waals surface area contributed by atoms with Gasteiger partial charge in [-0.25, -0.2) is 4.98 Å². The van der Waals surface area contributed by atoms with Crippen LogP contribution in [0.25, 0.3) is 10.2 Å². The number of thiazole rings is 1. The van der Waals surface area contributed by atoms with Gasteiger partial charge in [-0.3, -0.25) is 0 Å². The molecule has 96 valence electrons. The van der Waals surface area contributed by atoms with Crippen LogP contribution in [-0.2, 0) is 4.74 Å². The van der Waals surface area contributed by atoms with Gasteiger partial charge in [0.2, 0.25) is 0 Å². The molecule has 18 heavy (non-hydrogen) atoms. The quantitative estimate of drug-likeness (QED) is 0.868. The summed E-state index contributed by atoms with van der Waals surface area (Å²) in [6.07, 6.45) is 4.80. The van der Waals surface area contributed by atoms with Crippen molar-refractivity contribution in [3.8, 4) is 0 Å². The van der Waals surface area contributed by atoms with Crippen LogP contribution >= 0.6 is 23.1 Å². The van der Waals surface area contributed by atoms with Gasteiger partial charge in [0, 0.05) is 18.0 Å². The Bertz CT molecular complexity index is 535. The second kappa shape index (κ2) is 5.47. The molecule has 0 spiro atoms. The Morgan fingerprint density at radius 3 is 3.28 bits per heavy atom. The van der Waals surface area contributed by atoms with Crippen molar-refractivity contribution in [3.05, 3.63) is 18.2 Å². The Kier molecular flexibility index (Phi) is 3.72. The summed E-state index contributed by atoms with van der Waals surface area (Å²) < 4.78 is 6.84. The van der Waals surface area contributed by atoms with Crippen LogP contribution in [0.15, 0.2) is 23.1 Å². The zero-order valence-electron chi connectivity index (χ0n) is 10.3. The number of rotatable bonds is 4. The lowest BCUT2D eigenvalue weighted by Gasteiger charge is -2.08. The molecular weight excluding hydrogens is 264 g/mol. The average Bonchev–Trinajstić information content (AvgIpc) is 3.04. The van der Waals surface area contributed by atoms with Crippen LogP contribution in [0.4, 0.5) is 5.13 Å². The van der Waals surface area contributed by atoms with Crippen molar-refractivity contribution in [1.82, 2.24) is 4.98 Å². The Labute approximate surface area is 115 Å². The summed E-state index contributed by atoms with van der Waals surface area (Å²) in [7, 11) is 0. The maximum Gasteiger partial charge on any atom is 0.183 e. The van der Waals surface area contributed by atoms with Gasteiger partial charge in [0.05, 0.1) is 16.3 Å². The van der Waals surface area contributed by atoms with Crippen LogP contribution in [0, 0.1) is 0 Å². The van der Waals surface area contributed by atoms with Gasteiger partial charge in [-0.2, -0.15) is 0 Å². The molecule has 0 saturated carbocycles. The van der Waals surface area contributed by atoms with Crippen LogP contribution in [-0.4, -0.2) is 30.5 Å². The van der Waals surface area contributed by atoms with Crippen LogP contribution in [0.5, 0.6) is 0 Å². The largest absolute Gasteiger partial charge is 0.376 e. The highest BCUT2D eigenvalue weighted by atomic mass is 32.2. The third-order valence-corrected chi connectivity index (χ3v) is 4.80. The molecule has 1 saturated heterocycles. The molecule has 0 radical (unpaired) electrons. The highest BCUT2D eigenvalue weighted by Gasteiger charge is 2.15. The fraction of sp³-hybridized carbons (Fsp3) is 0.462. The number of thioether (sulfide) groups is 1. The van der Waals surface area contributed by atoms with Crippen molar-refractivity contribution in [2.24, 2.45) is 0 Å². The normalized spacial score (nSPS) is 19.5. The van der Waals surface area contributed by atoms with Gasteiger partial charge < -0.3 is 10.1 Å². The number of hydrogen-bond acceptors (Lipinski definition) is 5. The van der Waals surface area contributed by atoms with Crippen LogP contribution in [0.2, 0.25) is 0 Å². The van der Waals surface area contributed by atoms with Gasteiger partial charge in [0.25, 0.3) is 0 Å². The number of benzene rings is 1. The highest BCUT2D eigenvalue weighted by Crippen LogP contribution is 2.29. The first-order valence-corrected chi connectivity index (χ1v) is 8.19. The molecule has 0 aliphatic carbocycles. The third-order valence-electron chi connectivity index (χ3n) is 3.10. The van der Waals surface area contributed by atoms with Gasteiger partial charge in [-0.15, -0.1) is 11.8 Å². The smallest absolute Gasteiger partial charge is 0.183 e. The summed E-state index contributed by atoms with van der Waals surface area (Å²) in [4.78, 5) is 5.88. The molecular formula is C13H16N2OS2. The van der Waals surface area contributed by atoms with E-state index in [1.165, 1.54) is 16.0 Å². The molecule has 3 rings (SSSR count). The Hall–Kier alpha value is -0.780. The van der Waals surface area contributed by atoms with E-state index in [2.05, 4.69) is 34.8 Å². The van der Waals surface area contributed by atoms with Crippen molar-refractivity contribution in [3.63, 3.8) is 0 Å². The lowest BCUT2D eigenvalue weighted by Crippen LogP contribution is -2.18. The van der Waals surface area contributed by atoms with Crippen LogP contribution in [0.3, 0.4) is 0 Å². The zero-order valence-corrected chi connectivity index (χ0v) is 11.9. The second-order valence-electron chi connectivity index (χ2n) is 4.37. The molecule has 1 N–H and O–H groups in total. The van der Waals surface area contributed by atoms with E-state index >= 15 is 0 Å². The number of fused-ring (bicyclic) bond motifs is 1. The van der Waals surface area contributed by atoms with Crippen molar-refractivity contribution >= 4 is 38.4 Å². The summed E-state index contributed by atoms with van der Waals surface area (Å²) in [5.74, 6) is 0. The topological polar surface area (TPSA) is 34.2 Å². The number of ether oxygens (including phenoxy) is 1. The van der Waals surface area contributed by atoms with E-state index in [1.807, 2.05) is 0 Å². The molecule has 1 aromatic carbocycles. The van der Waals surface area contributed by atoms with E-state index < -0.39 is 0 Å². The first-order chi connectivity index (χ1) is 8.85. The molecule has 1 fully saturated rings. The zero-order chi connectivity index (χ0) is 12.4. The van der Waals surface area contributed by atoms with E-state index in [0.29, 0.717) is 6.10 Å². The van der Waals surface area contributed by atoms with Crippen molar-refractivity contribution in [2.75, 3.05) is 24.7 Å². The van der Waals surface area contributed by atoms with E-state index in [9.17, 15) is 0 Å². The van der Waals surface area contributed by atoms with Crippen molar-refractivity contribution < 1.29 is 4.74 Å². The Morgan fingerprint density at radius 1 is 1.56 bits per heavy atom. The molecule has 5 heteroatoms. The molecule has 1 aromatic heterocycles. The summed E-state index contributed by atoms with van der Waals surface area (Å²) in [6.45, 7) is 1.78. The number of hydrogen-bond donors (Lipinski definition) is 1. The molecule has 2 heterocycles. The molecule has 0 unspecified atom stereocenters. The highest BCUT2D eigenvalue weighted by molar-refractivity contribution is 7.98. The number of nitrogens with one attached hydrogen (secondary N) is 1. The molecule has 3 nitrogen and oxygen atoms in total. The van der Waals surface area contributed by atoms with E-state index in [-0.39, 0.29) is 0 Å². The molecule has 1 aliphatic rings. The first-order valence-electron chi connectivity index (χ1n) is 6.15. The predicted octanol–water partition coefficient (Wildman–Crippen LogP) is 3.61. The van der Waals surface area contributed by atoms with Gasteiger partial charge in [-0.1, -0.05) is 11.3 Å². The molecule has 1 atom stereocenters. The van der Waals surface area contributed by atoms with Crippen molar-refractivity contribution in [2.45, 2.75) is 23.8 Å². The summed E-state index contributed by atoms with van der Waals surface area (Å²) >= 11 is 3.48.